The summed E-state index contributed by atoms with van der Waals surface area (Å²) < 4.78 is 0.984. The van der Waals surface area contributed by atoms with Crippen molar-refractivity contribution in [1.82, 2.24) is 20.1 Å². The summed E-state index contributed by atoms with van der Waals surface area (Å²) in [7, 11) is 0. The molecular formula is C25H23N5O2S. The standard InChI is InChI=1S/C25H23N5O2S/c31-23(16-4-5-16)28-19-3-1-2-15(10-19)14-30(20-7-8-20)25(32)24-29-21-9-6-17(11-22(21)33-24)18-12-26-27-13-18/h1-3,6,9-13,16,20H,4-5,7-8,14H2,(H,26,27)(H,28,31). The highest BCUT2D eigenvalue weighted by molar-refractivity contribution is 7.20. The van der Waals surface area contributed by atoms with Gasteiger partial charge in [0, 0.05) is 36.0 Å². The Hall–Kier alpha value is -3.52. The van der Waals surface area contributed by atoms with E-state index < -0.39 is 0 Å². The number of nitrogens with one attached hydrogen (secondary N) is 2. The highest BCUT2D eigenvalue weighted by Crippen LogP contribution is 2.34. The van der Waals surface area contributed by atoms with Gasteiger partial charge in [0.1, 0.15) is 0 Å². The third kappa shape index (κ3) is 4.26. The molecule has 2 aromatic carbocycles. The van der Waals surface area contributed by atoms with Crippen LogP contribution in [-0.4, -0.2) is 37.9 Å². The maximum absolute atomic E-state index is 13.5. The highest BCUT2D eigenvalue weighted by atomic mass is 32.1. The van der Waals surface area contributed by atoms with Gasteiger partial charge in [0.15, 0.2) is 5.01 Å². The fourth-order valence-electron chi connectivity index (χ4n) is 4.01. The SMILES string of the molecule is O=C(Nc1cccc(CN(C(=O)c2nc3ccc(-c4cn[nH]c4)cc3s2)C2CC2)c1)C1CC1. The second kappa shape index (κ2) is 8.12. The number of hydrogen-bond donors (Lipinski definition) is 2. The number of carbonyl (C=O) groups is 2. The van der Waals surface area contributed by atoms with E-state index in [1.54, 1.807) is 6.20 Å². The summed E-state index contributed by atoms with van der Waals surface area (Å²) in [5, 5.41) is 10.4. The lowest BCUT2D eigenvalue weighted by atomic mass is 10.1. The van der Waals surface area contributed by atoms with E-state index in [1.165, 1.54) is 11.3 Å². The fraction of sp³-hybridized carbons (Fsp3) is 0.280. The van der Waals surface area contributed by atoms with Crippen LogP contribution in [0.2, 0.25) is 0 Å². The van der Waals surface area contributed by atoms with Crippen molar-refractivity contribution in [3.63, 3.8) is 0 Å². The lowest BCUT2D eigenvalue weighted by Crippen LogP contribution is -2.32. The van der Waals surface area contributed by atoms with Crippen molar-refractivity contribution in [3.8, 4) is 11.1 Å². The van der Waals surface area contributed by atoms with Crippen molar-refractivity contribution in [1.29, 1.82) is 0 Å². The number of anilines is 1. The van der Waals surface area contributed by atoms with Gasteiger partial charge in [0.2, 0.25) is 5.91 Å². The second-order valence-corrected chi connectivity index (χ2v) is 9.85. The number of thiazole rings is 1. The van der Waals surface area contributed by atoms with Crippen LogP contribution in [0, 0.1) is 5.92 Å². The van der Waals surface area contributed by atoms with Crippen molar-refractivity contribution in [2.75, 3.05) is 5.32 Å². The first kappa shape index (κ1) is 20.1. The zero-order valence-corrected chi connectivity index (χ0v) is 18.8. The molecule has 7 nitrogen and oxygen atoms in total. The average Bonchev–Trinajstić information content (AvgIpc) is 3.75. The van der Waals surface area contributed by atoms with Gasteiger partial charge in [-0.05, 0) is 61.1 Å². The Balaban J connectivity index is 1.23. The largest absolute Gasteiger partial charge is 0.329 e. The van der Waals surface area contributed by atoms with Crippen LogP contribution in [0.25, 0.3) is 21.3 Å². The molecule has 166 valence electrons. The van der Waals surface area contributed by atoms with Crippen LogP contribution in [0.4, 0.5) is 5.69 Å². The maximum Gasteiger partial charge on any atom is 0.283 e. The first-order valence-corrected chi connectivity index (χ1v) is 12.1. The van der Waals surface area contributed by atoms with Crippen molar-refractivity contribution in [3.05, 3.63) is 65.4 Å². The average molecular weight is 458 g/mol. The molecule has 6 rings (SSSR count). The number of aromatic nitrogens is 3. The predicted octanol–water partition coefficient (Wildman–Crippen LogP) is 4.84. The first-order valence-electron chi connectivity index (χ1n) is 11.2. The number of H-pyrrole nitrogens is 1. The molecule has 2 aromatic heterocycles. The van der Waals surface area contributed by atoms with Crippen LogP contribution >= 0.6 is 11.3 Å². The van der Waals surface area contributed by atoms with Crippen molar-refractivity contribution in [2.24, 2.45) is 5.92 Å². The molecule has 2 heterocycles. The molecule has 0 spiro atoms. The zero-order chi connectivity index (χ0) is 22.4. The molecule has 2 saturated carbocycles. The number of aromatic amines is 1. The minimum Gasteiger partial charge on any atom is -0.329 e. The monoisotopic (exact) mass is 457 g/mol. The summed E-state index contributed by atoms with van der Waals surface area (Å²) in [5.41, 5.74) is 4.68. The summed E-state index contributed by atoms with van der Waals surface area (Å²) in [5.74, 6) is 0.216. The van der Waals surface area contributed by atoms with E-state index in [9.17, 15) is 9.59 Å². The lowest BCUT2D eigenvalue weighted by molar-refractivity contribution is -0.117. The summed E-state index contributed by atoms with van der Waals surface area (Å²) in [6, 6.07) is 14.1. The molecular weight excluding hydrogens is 434 g/mol. The van der Waals surface area contributed by atoms with Gasteiger partial charge in [-0.25, -0.2) is 4.98 Å². The van der Waals surface area contributed by atoms with Gasteiger partial charge in [-0.2, -0.15) is 5.10 Å². The number of nitrogens with zero attached hydrogens (tertiary/aromatic N) is 3. The molecule has 33 heavy (non-hydrogen) atoms. The Morgan fingerprint density at radius 2 is 1.97 bits per heavy atom. The first-order chi connectivity index (χ1) is 16.1. The van der Waals surface area contributed by atoms with E-state index in [0.29, 0.717) is 11.6 Å². The minimum absolute atomic E-state index is 0.0315. The molecule has 2 aliphatic rings. The number of benzene rings is 2. The Kier molecular flexibility index (Phi) is 4.95. The van der Waals surface area contributed by atoms with E-state index in [0.717, 1.165) is 58.3 Å². The molecule has 0 atom stereocenters. The molecule has 0 bridgehead atoms. The number of carbonyl (C=O) groups excluding carboxylic acids is 2. The number of amides is 2. The van der Waals surface area contributed by atoms with Crippen LogP contribution in [0.5, 0.6) is 0 Å². The Morgan fingerprint density at radius 1 is 1.09 bits per heavy atom. The normalized spacial score (nSPS) is 15.5. The summed E-state index contributed by atoms with van der Waals surface area (Å²) in [4.78, 5) is 32.1. The van der Waals surface area contributed by atoms with Gasteiger partial charge in [0.05, 0.1) is 16.4 Å². The van der Waals surface area contributed by atoms with Crippen LogP contribution in [0.15, 0.2) is 54.9 Å². The zero-order valence-electron chi connectivity index (χ0n) is 18.0. The highest BCUT2D eigenvalue weighted by Gasteiger charge is 2.34. The van der Waals surface area contributed by atoms with E-state index in [1.807, 2.05) is 47.5 Å². The molecule has 2 amide bonds. The summed E-state index contributed by atoms with van der Waals surface area (Å²) in [6.45, 7) is 0.507. The van der Waals surface area contributed by atoms with E-state index in [-0.39, 0.29) is 23.8 Å². The van der Waals surface area contributed by atoms with Gasteiger partial charge >= 0.3 is 0 Å². The number of hydrogen-bond acceptors (Lipinski definition) is 5. The van der Waals surface area contributed by atoms with Gasteiger partial charge in [-0.3, -0.25) is 14.7 Å². The lowest BCUT2D eigenvalue weighted by Gasteiger charge is -2.21. The van der Waals surface area contributed by atoms with Crippen molar-refractivity contribution < 1.29 is 9.59 Å². The minimum atomic E-state index is -0.0315. The van der Waals surface area contributed by atoms with E-state index in [2.05, 4.69) is 26.6 Å². The molecule has 0 unspecified atom stereocenters. The maximum atomic E-state index is 13.5. The third-order valence-corrected chi connectivity index (χ3v) is 7.15. The fourth-order valence-corrected chi connectivity index (χ4v) is 4.98. The van der Waals surface area contributed by atoms with Crippen molar-refractivity contribution in [2.45, 2.75) is 38.3 Å². The number of fused-ring (bicyclic) bond motifs is 1. The van der Waals surface area contributed by atoms with E-state index in [4.69, 9.17) is 0 Å². The molecule has 2 aliphatic carbocycles. The van der Waals surface area contributed by atoms with E-state index >= 15 is 0 Å². The van der Waals surface area contributed by atoms with Crippen LogP contribution in [-0.2, 0) is 11.3 Å². The van der Waals surface area contributed by atoms with Gasteiger partial charge in [-0.1, -0.05) is 18.2 Å². The Bertz CT molecular complexity index is 1340. The predicted molar refractivity (Wildman–Crippen MR) is 128 cm³/mol. The molecule has 2 fully saturated rings. The molecule has 0 saturated heterocycles. The van der Waals surface area contributed by atoms with Gasteiger partial charge in [-0.15, -0.1) is 11.3 Å². The molecule has 8 heteroatoms. The third-order valence-electron chi connectivity index (χ3n) is 6.15. The quantitative estimate of drug-likeness (QED) is 0.415. The van der Waals surface area contributed by atoms with Gasteiger partial charge < -0.3 is 10.2 Å². The van der Waals surface area contributed by atoms with Crippen molar-refractivity contribution >= 4 is 39.1 Å². The Morgan fingerprint density at radius 3 is 2.73 bits per heavy atom. The molecule has 2 N–H and O–H groups in total. The topological polar surface area (TPSA) is 91.0 Å². The molecule has 0 radical (unpaired) electrons. The molecule has 0 aliphatic heterocycles. The smallest absolute Gasteiger partial charge is 0.283 e. The van der Waals surface area contributed by atoms with Crippen LogP contribution in [0.3, 0.4) is 0 Å². The summed E-state index contributed by atoms with van der Waals surface area (Å²) in [6.07, 6.45) is 7.61. The van der Waals surface area contributed by atoms with Crippen LogP contribution in [0.1, 0.15) is 41.0 Å². The number of rotatable bonds is 7. The van der Waals surface area contributed by atoms with Gasteiger partial charge in [0.25, 0.3) is 5.91 Å². The Labute approximate surface area is 194 Å². The summed E-state index contributed by atoms with van der Waals surface area (Å²) >= 11 is 1.43. The van der Waals surface area contributed by atoms with Crippen LogP contribution < -0.4 is 5.32 Å². The second-order valence-electron chi connectivity index (χ2n) is 8.82. The molecule has 4 aromatic rings.